The molecule has 1 aromatic rings. The van der Waals surface area contributed by atoms with E-state index in [0.717, 1.165) is 25.7 Å². The summed E-state index contributed by atoms with van der Waals surface area (Å²) in [5.74, 6) is 0.781. The average Bonchev–Trinajstić information content (AvgIpc) is 3.18. The SMILES string of the molecule is O=C1[C@H]2C[C@H]3O[C@]24[C@H](CCC[C@@H]4N1Cc1ccccc1)[C@@H]3C(Cl)Cl. The molecule has 6 atom stereocenters. The summed E-state index contributed by atoms with van der Waals surface area (Å²) in [6, 6.07) is 10.4. The van der Waals surface area contributed by atoms with Gasteiger partial charge < -0.3 is 9.64 Å². The van der Waals surface area contributed by atoms with Gasteiger partial charge in [0.25, 0.3) is 0 Å². The van der Waals surface area contributed by atoms with Crippen molar-refractivity contribution >= 4 is 29.1 Å². The smallest absolute Gasteiger partial charge is 0.229 e. The van der Waals surface area contributed by atoms with Gasteiger partial charge in [0, 0.05) is 12.5 Å². The predicted octanol–water partition coefficient (Wildman–Crippen LogP) is 3.77. The summed E-state index contributed by atoms with van der Waals surface area (Å²) < 4.78 is 6.53. The third kappa shape index (κ3) is 1.87. The second-order valence-electron chi connectivity index (χ2n) is 7.71. The first kappa shape index (κ1) is 15.5. The van der Waals surface area contributed by atoms with Crippen molar-refractivity contribution < 1.29 is 9.53 Å². The van der Waals surface area contributed by atoms with Crippen LogP contribution < -0.4 is 0 Å². The van der Waals surface area contributed by atoms with Crippen LogP contribution in [-0.2, 0) is 16.1 Å². The number of hydrogen-bond donors (Lipinski definition) is 0. The van der Waals surface area contributed by atoms with Crippen LogP contribution >= 0.6 is 23.2 Å². The number of carbonyl (C=O) groups excluding carboxylic acids is 1. The number of carbonyl (C=O) groups is 1. The van der Waals surface area contributed by atoms with Crippen molar-refractivity contribution in [2.45, 2.75) is 54.8 Å². The second kappa shape index (κ2) is 5.36. The Morgan fingerprint density at radius 2 is 2.04 bits per heavy atom. The Labute approximate surface area is 152 Å². The third-order valence-electron chi connectivity index (χ3n) is 6.80. The first-order chi connectivity index (χ1) is 11.6. The average molecular weight is 366 g/mol. The lowest BCUT2D eigenvalue weighted by Crippen LogP contribution is -2.54. The van der Waals surface area contributed by atoms with E-state index in [1.807, 2.05) is 18.2 Å². The molecule has 3 heterocycles. The zero-order valence-electron chi connectivity index (χ0n) is 13.4. The molecule has 1 amide bonds. The van der Waals surface area contributed by atoms with E-state index in [-0.39, 0.29) is 35.5 Å². The fourth-order valence-corrected chi connectivity index (χ4v) is 6.71. The Balaban J connectivity index is 1.51. The molecule has 0 unspecified atom stereocenters. The summed E-state index contributed by atoms with van der Waals surface area (Å²) >= 11 is 12.6. The van der Waals surface area contributed by atoms with Crippen LogP contribution in [0.2, 0.25) is 0 Å². The quantitative estimate of drug-likeness (QED) is 0.762. The molecule has 1 aliphatic carbocycles. The number of fused-ring (bicyclic) bond motifs is 1. The Bertz CT molecular complexity index is 667. The summed E-state index contributed by atoms with van der Waals surface area (Å²) in [7, 11) is 0. The van der Waals surface area contributed by atoms with E-state index in [0.29, 0.717) is 12.5 Å². The van der Waals surface area contributed by atoms with E-state index < -0.39 is 4.84 Å². The number of amides is 1. The van der Waals surface area contributed by atoms with Crippen LogP contribution in [0.4, 0.5) is 0 Å². The largest absolute Gasteiger partial charge is 0.368 e. The van der Waals surface area contributed by atoms with Gasteiger partial charge in [-0.15, -0.1) is 23.2 Å². The fourth-order valence-electron chi connectivity index (χ4n) is 6.04. The fraction of sp³-hybridized carbons (Fsp3) is 0.632. The maximum atomic E-state index is 13.2. The van der Waals surface area contributed by atoms with Gasteiger partial charge in [0.05, 0.1) is 18.1 Å². The molecule has 24 heavy (non-hydrogen) atoms. The minimum Gasteiger partial charge on any atom is -0.368 e. The highest BCUT2D eigenvalue weighted by molar-refractivity contribution is 6.44. The maximum absolute atomic E-state index is 13.2. The van der Waals surface area contributed by atoms with Crippen molar-refractivity contribution in [2.75, 3.05) is 0 Å². The van der Waals surface area contributed by atoms with Gasteiger partial charge in [0.1, 0.15) is 10.4 Å². The van der Waals surface area contributed by atoms with Crippen LogP contribution in [0.25, 0.3) is 0 Å². The zero-order valence-corrected chi connectivity index (χ0v) is 14.9. The lowest BCUT2D eigenvalue weighted by atomic mass is 9.60. The summed E-state index contributed by atoms with van der Waals surface area (Å²) in [5.41, 5.74) is 0.851. The third-order valence-corrected chi connectivity index (χ3v) is 7.38. The van der Waals surface area contributed by atoms with E-state index >= 15 is 0 Å². The normalized spacial score (nSPS) is 42.9. The number of halogens is 2. The highest BCUT2D eigenvalue weighted by Crippen LogP contribution is 2.65. The number of alkyl halides is 2. The molecule has 4 fully saturated rings. The summed E-state index contributed by atoms with van der Waals surface area (Å²) in [4.78, 5) is 14.9. The van der Waals surface area contributed by atoms with Gasteiger partial charge in [0.15, 0.2) is 0 Å². The van der Waals surface area contributed by atoms with Crippen molar-refractivity contribution in [3.8, 4) is 0 Å². The molecule has 4 aliphatic rings. The number of hydrogen-bond acceptors (Lipinski definition) is 2. The van der Waals surface area contributed by atoms with Crippen LogP contribution in [0.15, 0.2) is 30.3 Å². The minimum atomic E-state index is -0.405. The highest BCUT2D eigenvalue weighted by Gasteiger charge is 2.75. The molecular weight excluding hydrogens is 345 g/mol. The first-order valence-electron chi connectivity index (χ1n) is 8.93. The van der Waals surface area contributed by atoms with E-state index in [4.69, 9.17) is 27.9 Å². The van der Waals surface area contributed by atoms with Crippen molar-refractivity contribution in [1.29, 1.82) is 0 Å². The molecule has 1 spiro atoms. The van der Waals surface area contributed by atoms with Gasteiger partial charge in [-0.25, -0.2) is 0 Å². The standard InChI is InChI=1S/C19H21Cl2NO2/c20-17(21)16-12-7-4-8-15-19(12)13(9-14(16)24-19)18(23)22(15)10-11-5-2-1-3-6-11/h1-3,5-6,12-17H,4,7-10H2/t12-,13-,14-,15+,16+,19-/m1/s1. The van der Waals surface area contributed by atoms with Gasteiger partial charge in [-0.1, -0.05) is 36.8 Å². The molecule has 1 aromatic carbocycles. The number of nitrogens with zero attached hydrogens (tertiary/aromatic N) is 1. The monoisotopic (exact) mass is 365 g/mol. The van der Waals surface area contributed by atoms with E-state index in [1.165, 1.54) is 5.56 Å². The molecule has 128 valence electrons. The predicted molar refractivity (Wildman–Crippen MR) is 92.8 cm³/mol. The van der Waals surface area contributed by atoms with Crippen molar-refractivity contribution in [2.24, 2.45) is 17.8 Å². The molecule has 0 radical (unpaired) electrons. The number of benzene rings is 1. The van der Waals surface area contributed by atoms with Gasteiger partial charge in [-0.2, -0.15) is 0 Å². The lowest BCUT2D eigenvalue weighted by molar-refractivity contribution is -0.133. The van der Waals surface area contributed by atoms with E-state index in [1.54, 1.807) is 0 Å². The summed E-state index contributed by atoms with van der Waals surface area (Å²) in [6.45, 7) is 0.680. The van der Waals surface area contributed by atoms with E-state index in [2.05, 4.69) is 17.0 Å². The van der Waals surface area contributed by atoms with Crippen LogP contribution in [0.3, 0.4) is 0 Å². The zero-order chi connectivity index (χ0) is 16.5. The molecule has 5 rings (SSSR count). The molecule has 0 aromatic heterocycles. The molecule has 3 nitrogen and oxygen atoms in total. The van der Waals surface area contributed by atoms with Crippen molar-refractivity contribution in [3.05, 3.63) is 35.9 Å². The molecule has 2 bridgehead atoms. The van der Waals surface area contributed by atoms with Crippen LogP contribution in [0.1, 0.15) is 31.2 Å². The van der Waals surface area contributed by atoms with Gasteiger partial charge in [-0.3, -0.25) is 4.79 Å². The minimum absolute atomic E-state index is 0.00449. The summed E-state index contributed by atoms with van der Waals surface area (Å²) in [5, 5.41) is 0. The van der Waals surface area contributed by atoms with Crippen LogP contribution in [-0.4, -0.2) is 33.4 Å². The molecule has 3 saturated heterocycles. The topological polar surface area (TPSA) is 29.5 Å². The first-order valence-corrected chi connectivity index (χ1v) is 9.80. The second-order valence-corrected chi connectivity index (χ2v) is 8.88. The molecular formula is C19H21Cl2NO2. The van der Waals surface area contributed by atoms with Crippen molar-refractivity contribution in [3.63, 3.8) is 0 Å². The Hall–Kier alpha value is -0.770. The Morgan fingerprint density at radius 3 is 2.79 bits per heavy atom. The lowest BCUT2D eigenvalue weighted by Gasteiger charge is -2.45. The Kier molecular flexibility index (Phi) is 3.46. The number of likely N-dealkylation sites (tertiary alicyclic amines) is 1. The molecule has 0 N–H and O–H groups in total. The van der Waals surface area contributed by atoms with Crippen LogP contribution in [0.5, 0.6) is 0 Å². The molecule has 1 saturated carbocycles. The Morgan fingerprint density at radius 1 is 1.25 bits per heavy atom. The number of ether oxygens (including phenoxy) is 1. The maximum Gasteiger partial charge on any atom is 0.229 e. The van der Waals surface area contributed by atoms with Gasteiger partial charge in [0.2, 0.25) is 5.91 Å². The van der Waals surface area contributed by atoms with Crippen LogP contribution in [0, 0.1) is 17.8 Å². The van der Waals surface area contributed by atoms with Crippen molar-refractivity contribution in [1.82, 2.24) is 4.90 Å². The number of rotatable bonds is 3. The molecule has 3 aliphatic heterocycles. The highest BCUT2D eigenvalue weighted by atomic mass is 35.5. The van der Waals surface area contributed by atoms with E-state index in [9.17, 15) is 4.79 Å². The van der Waals surface area contributed by atoms with Gasteiger partial charge >= 0.3 is 0 Å². The van der Waals surface area contributed by atoms with Gasteiger partial charge in [-0.05, 0) is 30.7 Å². The summed E-state index contributed by atoms with van der Waals surface area (Å²) in [6.07, 6.45) is 4.08. The molecule has 5 heteroatoms.